The van der Waals surface area contributed by atoms with Gasteiger partial charge in [0.05, 0.1) is 0 Å². The van der Waals surface area contributed by atoms with Gasteiger partial charge in [-0.1, -0.05) is 73.1 Å². The molecule has 2 aromatic carbocycles. The molecule has 15 heavy (non-hydrogen) atoms. The lowest BCUT2D eigenvalue weighted by Crippen LogP contribution is -1.73. The summed E-state index contributed by atoms with van der Waals surface area (Å²) in [5.74, 6) is 1.67. The van der Waals surface area contributed by atoms with E-state index in [4.69, 9.17) is 0 Å². The van der Waals surface area contributed by atoms with E-state index in [1.165, 1.54) is 11.1 Å². The molecule has 0 fully saturated rings. The van der Waals surface area contributed by atoms with Gasteiger partial charge in [-0.05, 0) is 11.1 Å². The summed E-state index contributed by atoms with van der Waals surface area (Å²) in [6, 6.07) is 20.8. The molecule has 0 aromatic heterocycles. The van der Waals surface area contributed by atoms with Crippen LogP contribution in [0.15, 0.2) is 73.1 Å². The quantitative estimate of drug-likeness (QED) is 0.619. The predicted molar refractivity (Wildman–Crippen MR) is 71.8 cm³/mol. The van der Waals surface area contributed by atoms with Gasteiger partial charge < -0.3 is 0 Å². The molecular weight excluding hydrogens is 199 g/mol. The van der Waals surface area contributed by atoms with E-state index in [1.807, 2.05) is 12.1 Å². The Bertz CT molecular complexity index is 341. The smallest absolute Gasteiger partial charge is 0.0184 e. The van der Waals surface area contributed by atoms with E-state index >= 15 is 0 Å². The Hall–Kier alpha value is -1.39. The van der Waals surface area contributed by atoms with Crippen LogP contribution in [0.3, 0.4) is 0 Å². The van der Waals surface area contributed by atoms with Crippen molar-refractivity contribution < 1.29 is 0 Å². The molecule has 0 nitrogen and oxygen atoms in total. The summed E-state index contributed by atoms with van der Waals surface area (Å²) < 4.78 is 0. The minimum absolute atomic E-state index is 1.28. The van der Waals surface area contributed by atoms with E-state index in [-0.39, 0.29) is 0 Å². The summed E-state index contributed by atoms with van der Waals surface area (Å²) in [7, 11) is 2.34. The van der Waals surface area contributed by atoms with Crippen molar-refractivity contribution >= 4 is 9.24 Å². The Kier molecular flexibility index (Phi) is 5.43. The number of hydrogen-bond donors (Lipinski definition) is 0. The highest BCUT2D eigenvalue weighted by atomic mass is 31.0. The van der Waals surface area contributed by atoms with Gasteiger partial charge >= 0.3 is 0 Å². The van der Waals surface area contributed by atoms with E-state index < -0.39 is 0 Å². The van der Waals surface area contributed by atoms with Gasteiger partial charge in [-0.2, -0.15) is 0 Å². The van der Waals surface area contributed by atoms with Gasteiger partial charge in [-0.3, -0.25) is 0 Å². The van der Waals surface area contributed by atoms with Gasteiger partial charge in [0, 0.05) is 0 Å². The van der Waals surface area contributed by atoms with E-state index in [0.29, 0.717) is 0 Å². The Labute approximate surface area is 93.9 Å². The Morgan fingerprint density at radius 1 is 0.733 bits per heavy atom. The SMILES string of the molecule is C=CP.c1ccc(-c2ccccc2)cc1. The lowest BCUT2D eigenvalue weighted by Gasteiger charge is -1.98. The van der Waals surface area contributed by atoms with E-state index in [2.05, 4.69) is 64.3 Å². The molecule has 2 aromatic rings. The van der Waals surface area contributed by atoms with Crippen molar-refractivity contribution in [3.8, 4) is 11.1 Å². The fourth-order valence-electron chi connectivity index (χ4n) is 1.26. The monoisotopic (exact) mass is 214 g/mol. The van der Waals surface area contributed by atoms with Crippen LogP contribution < -0.4 is 0 Å². The maximum absolute atomic E-state index is 3.32. The summed E-state index contributed by atoms with van der Waals surface area (Å²) in [4.78, 5) is 0. The molecule has 1 atom stereocenters. The molecule has 0 spiro atoms. The summed E-state index contributed by atoms with van der Waals surface area (Å²) in [6.45, 7) is 3.32. The Balaban J connectivity index is 0.000000337. The van der Waals surface area contributed by atoms with Crippen LogP contribution >= 0.6 is 9.24 Å². The minimum Gasteiger partial charge on any atom is -0.114 e. The molecule has 0 aliphatic rings. The third-order valence-corrected chi connectivity index (χ3v) is 1.88. The summed E-state index contributed by atoms with van der Waals surface area (Å²) in [5.41, 5.74) is 2.55. The molecule has 0 N–H and O–H groups in total. The molecule has 2 rings (SSSR count). The van der Waals surface area contributed by atoms with E-state index in [1.54, 1.807) is 5.82 Å². The second kappa shape index (κ2) is 6.98. The van der Waals surface area contributed by atoms with Crippen molar-refractivity contribution in [2.45, 2.75) is 0 Å². The maximum atomic E-state index is 3.32. The second-order valence-electron chi connectivity index (χ2n) is 2.97. The Morgan fingerprint density at radius 3 is 1.27 bits per heavy atom. The molecule has 1 unspecified atom stereocenters. The van der Waals surface area contributed by atoms with Crippen LogP contribution in [-0.2, 0) is 0 Å². The first-order valence-corrected chi connectivity index (χ1v) is 5.48. The first-order chi connectivity index (χ1) is 7.38. The normalized spacial score (nSPS) is 8.60. The minimum atomic E-state index is 1.28. The molecular formula is C14H15P. The van der Waals surface area contributed by atoms with Crippen LogP contribution in [-0.4, -0.2) is 0 Å². The largest absolute Gasteiger partial charge is 0.114 e. The lowest BCUT2D eigenvalue weighted by molar-refractivity contribution is 1.62. The third kappa shape index (κ3) is 4.10. The van der Waals surface area contributed by atoms with Crippen LogP contribution in [0, 0.1) is 0 Å². The molecule has 0 radical (unpaired) electrons. The number of benzene rings is 2. The average Bonchev–Trinajstić information content (AvgIpc) is 2.32. The Morgan fingerprint density at radius 2 is 1.00 bits per heavy atom. The summed E-state index contributed by atoms with van der Waals surface area (Å²) >= 11 is 0. The van der Waals surface area contributed by atoms with E-state index in [9.17, 15) is 0 Å². The molecule has 1 heteroatoms. The number of rotatable bonds is 1. The topological polar surface area (TPSA) is 0 Å². The van der Waals surface area contributed by atoms with Crippen molar-refractivity contribution in [2.24, 2.45) is 0 Å². The van der Waals surface area contributed by atoms with Gasteiger partial charge in [-0.25, -0.2) is 0 Å². The van der Waals surface area contributed by atoms with Crippen molar-refractivity contribution in [3.05, 3.63) is 73.1 Å². The first kappa shape index (κ1) is 11.7. The fourth-order valence-corrected chi connectivity index (χ4v) is 1.26. The predicted octanol–water partition coefficient (Wildman–Crippen LogP) is 4.36. The molecule has 0 saturated heterocycles. The maximum Gasteiger partial charge on any atom is -0.0184 e. The summed E-state index contributed by atoms with van der Waals surface area (Å²) in [6.07, 6.45) is 0. The van der Waals surface area contributed by atoms with Crippen LogP contribution in [0.1, 0.15) is 0 Å². The molecule has 0 amide bonds. The lowest BCUT2D eigenvalue weighted by atomic mass is 10.1. The molecule has 0 aliphatic heterocycles. The van der Waals surface area contributed by atoms with Gasteiger partial charge in [0.1, 0.15) is 0 Å². The molecule has 0 saturated carbocycles. The average molecular weight is 214 g/mol. The zero-order chi connectivity index (χ0) is 10.9. The van der Waals surface area contributed by atoms with Crippen molar-refractivity contribution in [2.75, 3.05) is 0 Å². The number of hydrogen-bond acceptors (Lipinski definition) is 0. The van der Waals surface area contributed by atoms with Crippen LogP contribution in [0.25, 0.3) is 11.1 Å². The van der Waals surface area contributed by atoms with Gasteiger partial charge in [0.2, 0.25) is 0 Å². The fraction of sp³-hybridized carbons (Fsp3) is 0. The highest BCUT2D eigenvalue weighted by molar-refractivity contribution is 7.20. The zero-order valence-corrected chi connectivity index (χ0v) is 9.79. The van der Waals surface area contributed by atoms with Crippen molar-refractivity contribution in [1.29, 1.82) is 0 Å². The van der Waals surface area contributed by atoms with Crippen molar-refractivity contribution in [1.82, 2.24) is 0 Å². The molecule has 0 heterocycles. The van der Waals surface area contributed by atoms with E-state index in [0.717, 1.165) is 0 Å². The zero-order valence-electron chi connectivity index (χ0n) is 8.64. The molecule has 0 aliphatic carbocycles. The van der Waals surface area contributed by atoms with Crippen LogP contribution in [0.4, 0.5) is 0 Å². The molecule has 76 valence electrons. The standard InChI is InChI=1S/C12H10.C2H5P/c1-3-7-11(8-4-1)12-9-5-2-6-10-12;1-2-3/h1-10H;2H,1,3H2. The van der Waals surface area contributed by atoms with Crippen LogP contribution in [0.2, 0.25) is 0 Å². The second-order valence-corrected chi connectivity index (χ2v) is 3.44. The third-order valence-electron chi connectivity index (χ3n) is 1.88. The van der Waals surface area contributed by atoms with Gasteiger partial charge in [0.25, 0.3) is 0 Å². The molecule has 0 bridgehead atoms. The summed E-state index contributed by atoms with van der Waals surface area (Å²) in [5, 5.41) is 0. The van der Waals surface area contributed by atoms with Crippen molar-refractivity contribution in [3.63, 3.8) is 0 Å². The van der Waals surface area contributed by atoms with Gasteiger partial charge in [0.15, 0.2) is 0 Å². The highest BCUT2D eigenvalue weighted by Crippen LogP contribution is 2.17. The highest BCUT2D eigenvalue weighted by Gasteiger charge is 1.91. The first-order valence-electron chi connectivity index (χ1n) is 4.81. The van der Waals surface area contributed by atoms with Gasteiger partial charge in [-0.15, -0.1) is 9.24 Å². The van der Waals surface area contributed by atoms with Crippen LogP contribution in [0.5, 0.6) is 0 Å².